The van der Waals surface area contributed by atoms with Gasteiger partial charge in [-0.15, -0.1) is 0 Å². The number of hydrogen-bond acceptors (Lipinski definition) is 3. The van der Waals surface area contributed by atoms with Gasteiger partial charge < -0.3 is 10.2 Å². The molecule has 0 spiro atoms. The van der Waals surface area contributed by atoms with E-state index >= 15 is 0 Å². The summed E-state index contributed by atoms with van der Waals surface area (Å²) in [5.41, 5.74) is 4.56. The topological polar surface area (TPSA) is 18.5 Å². The van der Waals surface area contributed by atoms with Gasteiger partial charge in [-0.05, 0) is 48.9 Å². The molecule has 0 radical (unpaired) electrons. The molecule has 3 nitrogen and oxygen atoms in total. The van der Waals surface area contributed by atoms with Crippen molar-refractivity contribution < 1.29 is 0 Å². The minimum Gasteiger partial charge on any atom is -0.370 e. The smallest absolute Gasteiger partial charge is 0.0426 e. The minimum absolute atomic E-state index is 0.359. The third-order valence-corrected chi connectivity index (χ3v) is 6.15. The molecule has 0 aliphatic carbocycles. The summed E-state index contributed by atoms with van der Waals surface area (Å²) < 4.78 is 0. The Hall–Kier alpha value is -1.84. The third-order valence-electron chi connectivity index (χ3n) is 6.15. The Balaban J connectivity index is 1.61. The summed E-state index contributed by atoms with van der Waals surface area (Å²) in [7, 11) is 2.28. The van der Waals surface area contributed by atoms with Crippen LogP contribution in [-0.2, 0) is 6.54 Å². The Morgan fingerprint density at radius 2 is 1.76 bits per heavy atom. The van der Waals surface area contributed by atoms with E-state index in [-0.39, 0.29) is 0 Å². The molecule has 0 saturated carbocycles. The molecule has 1 saturated heterocycles. The van der Waals surface area contributed by atoms with Crippen molar-refractivity contribution >= 4 is 5.69 Å². The molecule has 1 unspecified atom stereocenters. The zero-order valence-electron chi connectivity index (χ0n) is 19.0. The maximum atomic E-state index is 3.75. The monoisotopic (exact) mass is 393 g/mol. The standard InChI is InChI=1S/C26H39N3/c1-21(27-17-16-26(2,3)4)24-13-9-10-14-25(24)28(5)23-15-18-29(20-23)19-22-11-7-6-8-12-22/h6-14,21,23,27H,15-20H2,1-5H3/t21?,23-/m1/s1. The number of likely N-dealkylation sites (tertiary alicyclic amines) is 1. The normalized spacial score (nSPS) is 18.7. The molecular formula is C26H39N3. The largest absolute Gasteiger partial charge is 0.370 e. The number of para-hydroxylation sites is 1. The van der Waals surface area contributed by atoms with Gasteiger partial charge in [0.1, 0.15) is 0 Å². The summed E-state index contributed by atoms with van der Waals surface area (Å²) in [5.74, 6) is 0. The first-order valence-corrected chi connectivity index (χ1v) is 11.1. The Labute approximate surface area is 178 Å². The van der Waals surface area contributed by atoms with E-state index in [1.54, 1.807) is 0 Å². The molecule has 2 aromatic rings. The maximum absolute atomic E-state index is 3.75. The lowest BCUT2D eigenvalue weighted by atomic mass is 9.92. The minimum atomic E-state index is 0.359. The molecule has 2 atom stereocenters. The first kappa shape index (κ1) is 21.9. The van der Waals surface area contributed by atoms with E-state index < -0.39 is 0 Å². The fourth-order valence-electron chi connectivity index (χ4n) is 4.26. The van der Waals surface area contributed by atoms with Crippen LogP contribution >= 0.6 is 0 Å². The van der Waals surface area contributed by atoms with Crippen LogP contribution in [-0.4, -0.2) is 37.6 Å². The summed E-state index contributed by atoms with van der Waals surface area (Å²) in [6.07, 6.45) is 2.41. The van der Waals surface area contributed by atoms with Crippen molar-refractivity contribution in [2.24, 2.45) is 5.41 Å². The van der Waals surface area contributed by atoms with Crippen LogP contribution in [0.1, 0.15) is 57.7 Å². The van der Waals surface area contributed by atoms with Gasteiger partial charge in [0.2, 0.25) is 0 Å². The van der Waals surface area contributed by atoms with Crippen LogP contribution in [0.2, 0.25) is 0 Å². The molecule has 1 aliphatic rings. The third kappa shape index (κ3) is 6.32. The summed E-state index contributed by atoms with van der Waals surface area (Å²) >= 11 is 0. The Bertz CT molecular complexity index is 750. The Kier molecular flexibility index (Phi) is 7.37. The van der Waals surface area contributed by atoms with Crippen LogP contribution in [0, 0.1) is 5.41 Å². The average Bonchev–Trinajstić information content (AvgIpc) is 3.15. The second-order valence-corrected chi connectivity index (χ2v) is 9.82. The van der Waals surface area contributed by atoms with Gasteiger partial charge in [0.25, 0.3) is 0 Å². The Morgan fingerprint density at radius 3 is 2.48 bits per heavy atom. The highest BCUT2D eigenvalue weighted by atomic mass is 15.2. The zero-order valence-corrected chi connectivity index (χ0v) is 19.0. The lowest BCUT2D eigenvalue weighted by Gasteiger charge is -2.31. The van der Waals surface area contributed by atoms with E-state index in [1.807, 2.05) is 0 Å². The number of rotatable bonds is 8. The van der Waals surface area contributed by atoms with Gasteiger partial charge in [-0.2, -0.15) is 0 Å². The fraction of sp³-hybridized carbons (Fsp3) is 0.538. The molecule has 0 aromatic heterocycles. The molecule has 1 aliphatic heterocycles. The van der Waals surface area contributed by atoms with Crippen LogP contribution in [0.25, 0.3) is 0 Å². The van der Waals surface area contributed by atoms with E-state index in [9.17, 15) is 0 Å². The molecule has 0 amide bonds. The Morgan fingerprint density at radius 1 is 1.07 bits per heavy atom. The van der Waals surface area contributed by atoms with Crippen LogP contribution in [0.3, 0.4) is 0 Å². The fourth-order valence-corrected chi connectivity index (χ4v) is 4.26. The van der Waals surface area contributed by atoms with E-state index in [4.69, 9.17) is 0 Å². The number of hydrogen-bond donors (Lipinski definition) is 1. The van der Waals surface area contributed by atoms with Crippen LogP contribution in [0.4, 0.5) is 5.69 Å². The number of likely N-dealkylation sites (N-methyl/N-ethyl adjacent to an activating group) is 1. The molecule has 29 heavy (non-hydrogen) atoms. The molecule has 3 rings (SSSR count). The first-order valence-electron chi connectivity index (χ1n) is 11.1. The number of anilines is 1. The summed E-state index contributed by atoms with van der Waals surface area (Å²) in [6.45, 7) is 13.6. The first-order chi connectivity index (χ1) is 13.8. The van der Waals surface area contributed by atoms with Crippen molar-refractivity contribution in [1.29, 1.82) is 0 Å². The van der Waals surface area contributed by atoms with Gasteiger partial charge >= 0.3 is 0 Å². The van der Waals surface area contributed by atoms with Gasteiger partial charge in [-0.1, -0.05) is 69.3 Å². The summed E-state index contributed by atoms with van der Waals surface area (Å²) in [6, 6.07) is 20.7. The molecular weight excluding hydrogens is 354 g/mol. The van der Waals surface area contributed by atoms with Gasteiger partial charge in [0.15, 0.2) is 0 Å². The van der Waals surface area contributed by atoms with Crippen LogP contribution in [0.5, 0.6) is 0 Å². The van der Waals surface area contributed by atoms with Crippen molar-refractivity contribution in [1.82, 2.24) is 10.2 Å². The van der Waals surface area contributed by atoms with E-state index in [0.717, 1.165) is 19.6 Å². The van der Waals surface area contributed by atoms with Gasteiger partial charge in [-0.25, -0.2) is 0 Å². The van der Waals surface area contributed by atoms with E-state index in [2.05, 4.69) is 104 Å². The van der Waals surface area contributed by atoms with Crippen molar-refractivity contribution in [3.05, 3.63) is 65.7 Å². The number of nitrogens with zero attached hydrogens (tertiary/aromatic N) is 2. The molecule has 0 bridgehead atoms. The maximum Gasteiger partial charge on any atom is 0.0426 e. The molecule has 1 N–H and O–H groups in total. The van der Waals surface area contributed by atoms with Crippen molar-refractivity contribution in [3.8, 4) is 0 Å². The van der Waals surface area contributed by atoms with Gasteiger partial charge in [-0.3, -0.25) is 4.90 Å². The lowest BCUT2D eigenvalue weighted by molar-refractivity contribution is 0.326. The number of nitrogens with one attached hydrogen (secondary N) is 1. The molecule has 1 heterocycles. The van der Waals surface area contributed by atoms with Crippen LogP contribution in [0.15, 0.2) is 54.6 Å². The van der Waals surface area contributed by atoms with Crippen molar-refractivity contribution in [2.75, 3.05) is 31.6 Å². The zero-order chi connectivity index (χ0) is 20.9. The van der Waals surface area contributed by atoms with Crippen molar-refractivity contribution in [2.45, 2.75) is 59.2 Å². The van der Waals surface area contributed by atoms with E-state index in [0.29, 0.717) is 17.5 Å². The highest BCUT2D eigenvalue weighted by molar-refractivity contribution is 5.55. The predicted molar refractivity (Wildman–Crippen MR) is 125 cm³/mol. The molecule has 1 fully saturated rings. The highest BCUT2D eigenvalue weighted by Crippen LogP contribution is 2.30. The number of benzene rings is 2. The van der Waals surface area contributed by atoms with Gasteiger partial charge in [0, 0.05) is 44.5 Å². The lowest BCUT2D eigenvalue weighted by Crippen LogP contribution is -2.35. The van der Waals surface area contributed by atoms with Gasteiger partial charge in [0.05, 0.1) is 0 Å². The average molecular weight is 394 g/mol. The predicted octanol–water partition coefficient (Wildman–Crippen LogP) is 5.48. The summed E-state index contributed by atoms with van der Waals surface area (Å²) in [5, 5.41) is 3.75. The molecule has 158 valence electrons. The second kappa shape index (κ2) is 9.77. The quantitative estimate of drug-likeness (QED) is 0.640. The summed E-state index contributed by atoms with van der Waals surface area (Å²) in [4.78, 5) is 5.10. The molecule has 3 heteroatoms. The highest BCUT2D eigenvalue weighted by Gasteiger charge is 2.27. The SMILES string of the molecule is CC(NCCC(C)(C)C)c1ccccc1N(C)[C@@H]1CCN(Cc2ccccc2)C1. The van der Waals surface area contributed by atoms with Crippen LogP contribution < -0.4 is 10.2 Å². The van der Waals surface area contributed by atoms with Crippen molar-refractivity contribution in [3.63, 3.8) is 0 Å². The van der Waals surface area contributed by atoms with E-state index in [1.165, 1.54) is 36.2 Å². The molecule has 2 aromatic carbocycles. The second-order valence-electron chi connectivity index (χ2n) is 9.82.